The maximum atomic E-state index is 11.9. The van der Waals surface area contributed by atoms with E-state index < -0.39 is 0 Å². The van der Waals surface area contributed by atoms with E-state index in [0.29, 0.717) is 32.8 Å². The first-order valence-electron chi connectivity index (χ1n) is 7.35. The number of nitrogens with zero attached hydrogens (tertiary/aromatic N) is 1. The molecule has 0 bridgehead atoms. The van der Waals surface area contributed by atoms with E-state index in [2.05, 4.69) is 5.32 Å². The molecule has 1 N–H and O–H groups in total. The molecule has 0 aromatic heterocycles. The molecule has 0 radical (unpaired) electrons. The van der Waals surface area contributed by atoms with E-state index >= 15 is 0 Å². The fourth-order valence-corrected chi connectivity index (χ4v) is 2.15. The number of nitrogens with one attached hydrogen (secondary N) is 1. The van der Waals surface area contributed by atoms with Gasteiger partial charge in [0.15, 0.2) is 0 Å². The van der Waals surface area contributed by atoms with Gasteiger partial charge in [-0.25, -0.2) is 0 Å². The van der Waals surface area contributed by atoms with Crippen LogP contribution in [0, 0.1) is 0 Å². The molecule has 1 aliphatic heterocycles. The molecule has 0 aliphatic carbocycles. The summed E-state index contributed by atoms with van der Waals surface area (Å²) in [4.78, 5) is 25.0. The van der Waals surface area contributed by atoms with Crippen LogP contribution in [0.15, 0.2) is 0 Å². The predicted octanol–water partition coefficient (Wildman–Crippen LogP) is 0.557. The fourth-order valence-electron chi connectivity index (χ4n) is 2.15. The Balaban J connectivity index is 2.08. The molecule has 1 saturated heterocycles. The van der Waals surface area contributed by atoms with Crippen molar-refractivity contribution in [2.24, 2.45) is 0 Å². The lowest BCUT2D eigenvalue weighted by atomic mass is 10.2. The lowest BCUT2D eigenvalue weighted by Gasteiger charge is -2.14. The molecule has 20 heavy (non-hydrogen) atoms. The molecule has 0 aromatic carbocycles. The molecular formula is C14H26N2O4. The largest absolute Gasteiger partial charge is 0.382 e. The third-order valence-electron chi connectivity index (χ3n) is 3.23. The molecule has 0 spiro atoms. The Labute approximate surface area is 120 Å². The summed E-state index contributed by atoms with van der Waals surface area (Å²) in [6, 6.07) is -0.330. The molecule has 1 atom stereocenters. The van der Waals surface area contributed by atoms with Crippen LogP contribution in [-0.2, 0) is 19.1 Å². The first-order valence-corrected chi connectivity index (χ1v) is 7.35. The average molecular weight is 286 g/mol. The summed E-state index contributed by atoms with van der Waals surface area (Å²) in [5.74, 6) is -0.134. The maximum absolute atomic E-state index is 11.9. The van der Waals surface area contributed by atoms with Gasteiger partial charge in [0, 0.05) is 20.3 Å². The molecule has 1 rings (SSSR count). The van der Waals surface area contributed by atoms with Gasteiger partial charge in [-0.3, -0.25) is 14.5 Å². The molecule has 116 valence electrons. The van der Waals surface area contributed by atoms with Gasteiger partial charge in [-0.2, -0.15) is 0 Å². The Hall–Kier alpha value is -0.980. The second-order valence-electron chi connectivity index (χ2n) is 4.91. The number of amides is 2. The van der Waals surface area contributed by atoms with Crippen molar-refractivity contribution in [1.29, 1.82) is 0 Å². The van der Waals surface area contributed by atoms with Crippen LogP contribution >= 0.6 is 0 Å². The average Bonchev–Trinajstić information content (AvgIpc) is 2.70. The van der Waals surface area contributed by atoms with E-state index in [9.17, 15) is 9.59 Å². The van der Waals surface area contributed by atoms with Crippen molar-refractivity contribution in [2.75, 3.05) is 40.0 Å². The summed E-state index contributed by atoms with van der Waals surface area (Å²) in [5.41, 5.74) is 0. The number of carbonyl (C=O) groups is 2. The van der Waals surface area contributed by atoms with E-state index in [4.69, 9.17) is 9.47 Å². The molecule has 1 fully saturated rings. The number of ether oxygens (including phenoxy) is 2. The van der Waals surface area contributed by atoms with E-state index in [-0.39, 0.29) is 17.9 Å². The lowest BCUT2D eigenvalue weighted by molar-refractivity contribution is -0.138. The molecule has 6 heteroatoms. The van der Waals surface area contributed by atoms with Crippen molar-refractivity contribution in [2.45, 2.75) is 38.6 Å². The second-order valence-corrected chi connectivity index (χ2v) is 4.91. The van der Waals surface area contributed by atoms with Crippen LogP contribution in [0.3, 0.4) is 0 Å². The van der Waals surface area contributed by atoms with E-state index in [1.54, 1.807) is 7.11 Å². The summed E-state index contributed by atoms with van der Waals surface area (Å²) in [6.45, 7) is 5.16. The molecule has 2 amide bonds. The third kappa shape index (κ3) is 5.56. The van der Waals surface area contributed by atoms with Crippen LogP contribution in [0.5, 0.6) is 0 Å². The quantitative estimate of drug-likeness (QED) is 0.444. The predicted molar refractivity (Wildman–Crippen MR) is 75.3 cm³/mol. The highest BCUT2D eigenvalue weighted by Gasteiger charge is 2.37. The van der Waals surface area contributed by atoms with Gasteiger partial charge in [0.1, 0.15) is 0 Å². The summed E-state index contributed by atoms with van der Waals surface area (Å²) in [7, 11) is 1.65. The van der Waals surface area contributed by atoms with Gasteiger partial charge in [-0.1, -0.05) is 6.92 Å². The number of unbranched alkanes of at least 4 members (excludes halogenated alkanes) is 1. The van der Waals surface area contributed by atoms with E-state index in [1.807, 2.05) is 6.92 Å². The van der Waals surface area contributed by atoms with E-state index in [0.717, 1.165) is 25.8 Å². The lowest BCUT2D eigenvalue weighted by Crippen LogP contribution is -2.39. The van der Waals surface area contributed by atoms with Gasteiger partial charge in [-0.15, -0.1) is 0 Å². The summed E-state index contributed by atoms with van der Waals surface area (Å²) in [5, 5.41) is 3.16. The second kappa shape index (κ2) is 9.85. The normalized spacial score (nSPS) is 19.1. The number of carbonyl (C=O) groups excluding carboxylic acids is 2. The molecule has 6 nitrogen and oxygen atoms in total. The number of hydrogen-bond donors (Lipinski definition) is 1. The SMILES string of the molecule is CCCN1C(=O)CC(NCCCCOCCOC)C1=O. The van der Waals surface area contributed by atoms with Gasteiger partial charge < -0.3 is 14.8 Å². The Morgan fingerprint density at radius 1 is 1.25 bits per heavy atom. The van der Waals surface area contributed by atoms with Crippen molar-refractivity contribution in [1.82, 2.24) is 10.2 Å². The van der Waals surface area contributed by atoms with Crippen molar-refractivity contribution >= 4 is 11.8 Å². The van der Waals surface area contributed by atoms with Crippen molar-refractivity contribution in [3.05, 3.63) is 0 Å². The van der Waals surface area contributed by atoms with E-state index in [1.165, 1.54) is 4.90 Å². The zero-order valence-electron chi connectivity index (χ0n) is 12.5. The molecule has 1 heterocycles. The summed E-state index contributed by atoms with van der Waals surface area (Å²) >= 11 is 0. The van der Waals surface area contributed by atoms with Gasteiger partial charge in [0.25, 0.3) is 0 Å². The van der Waals surface area contributed by atoms with Crippen LogP contribution < -0.4 is 5.32 Å². The smallest absolute Gasteiger partial charge is 0.246 e. The molecule has 0 aromatic rings. The van der Waals surface area contributed by atoms with Gasteiger partial charge in [-0.05, 0) is 25.8 Å². The zero-order chi connectivity index (χ0) is 14.8. The standard InChI is InChI=1S/C14H26N2O4/c1-3-7-16-13(17)11-12(14(16)18)15-6-4-5-8-20-10-9-19-2/h12,15H,3-11H2,1-2H3. The number of hydrogen-bond acceptors (Lipinski definition) is 5. The minimum Gasteiger partial charge on any atom is -0.382 e. The summed E-state index contributed by atoms with van der Waals surface area (Å²) in [6.07, 6.45) is 2.97. The minimum absolute atomic E-state index is 0.0581. The van der Waals surface area contributed by atoms with Crippen LogP contribution in [0.1, 0.15) is 32.6 Å². The van der Waals surface area contributed by atoms with Crippen molar-refractivity contribution in [3.8, 4) is 0 Å². The third-order valence-corrected chi connectivity index (χ3v) is 3.23. The molecule has 0 saturated carbocycles. The molecule has 1 unspecified atom stereocenters. The van der Waals surface area contributed by atoms with Crippen LogP contribution in [0.25, 0.3) is 0 Å². The Morgan fingerprint density at radius 3 is 2.75 bits per heavy atom. The van der Waals surface area contributed by atoms with Gasteiger partial charge in [0.05, 0.1) is 25.7 Å². The monoisotopic (exact) mass is 286 g/mol. The molecular weight excluding hydrogens is 260 g/mol. The number of likely N-dealkylation sites (tertiary alicyclic amines) is 1. The van der Waals surface area contributed by atoms with Gasteiger partial charge in [0.2, 0.25) is 11.8 Å². The van der Waals surface area contributed by atoms with Crippen LogP contribution in [-0.4, -0.2) is 62.8 Å². The number of rotatable bonds is 11. The summed E-state index contributed by atoms with van der Waals surface area (Å²) < 4.78 is 10.2. The highest BCUT2D eigenvalue weighted by Crippen LogP contribution is 2.13. The number of methoxy groups -OCH3 is 1. The molecule has 1 aliphatic rings. The minimum atomic E-state index is -0.330. The Bertz CT molecular complexity index is 310. The van der Waals surface area contributed by atoms with Crippen LogP contribution in [0.4, 0.5) is 0 Å². The van der Waals surface area contributed by atoms with Crippen molar-refractivity contribution in [3.63, 3.8) is 0 Å². The first kappa shape index (κ1) is 17.1. The van der Waals surface area contributed by atoms with Gasteiger partial charge >= 0.3 is 0 Å². The highest BCUT2D eigenvalue weighted by atomic mass is 16.5. The highest BCUT2D eigenvalue weighted by molar-refractivity contribution is 6.05. The first-order chi connectivity index (χ1) is 9.70. The zero-order valence-corrected chi connectivity index (χ0v) is 12.5. The van der Waals surface area contributed by atoms with Crippen LogP contribution in [0.2, 0.25) is 0 Å². The number of imide groups is 1. The van der Waals surface area contributed by atoms with Crippen molar-refractivity contribution < 1.29 is 19.1 Å². The Morgan fingerprint density at radius 2 is 2.05 bits per heavy atom. The topological polar surface area (TPSA) is 67.9 Å². The maximum Gasteiger partial charge on any atom is 0.246 e. The Kier molecular flexibility index (Phi) is 8.41. The fraction of sp³-hybridized carbons (Fsp3) is 0.857.